The van der Waals surface area contributed by atoms with E-state index in [9.17, 15) is 14.0 Å². The van der Waals surface area contributed by atoms with Crippen molar-refractivity contribution < 1.29 is 18.7 Å². The summed E-state index contributed by atoms with van der Waals surface area (Å²) in [6, 6.07) is 13.6. The molecule has 2 aromatic rings. The average molecular weight is 328 g/mol. The van der Waals surface area contributed by atoms with Crippen molar-refractivity contribution in [2.75, 3.05) is 18.1 Å². The first kappa shape index (κ1) is 16.0. The van der Waals surface area contributed by atoms with Crippen LogP contribution < -0.4 is 9.64 Å². The van der Waals surface area contributed by atoms with Gasteiger partial charge in [0.05, 0.1) is 6.54 Å². The predicted molar refractivity (Wildman–Crippen MR) is 87.4 cm³/mol. The van der Waals surface area contributed by atoms with Crippen LogP contribution in [0.2, 0.25) is 0 Å². The molecule has 0 N–H and O–H groups in total. The molecular formula is C18H17FN2O3. The molecule has 0 saturated carbocycles. The molecule has 1 aliphatic heterocycles. The van der Waals surface area contributed by atoms with Gasteiger partial charge in [0.1, 0.15) is 24.2 Å². The standard InChI is InChI=1S/C18H17FN2O3/c1-13-17(22)20(11-12-24-16-5-3-2-4-6-16)18(23)21(13)15-9-7-14(19)8-10-15/h2-10,13H,11-12H2,1H3/t13-/m1/s1. The van der Waals surface area contributed by atoms with Gasteiger partial charge in [-0.05, 0) is 43.3 Å². The first-order valence-electron chi connectivity index (χ1n) is 7.66. The molecule has 1 fully saturated rings. The van der Waals surface area contributed by atoms with Crippen LogP contribution in [-0.2, 0) is 4.79 Å². The van der Waals surface area contributed by atoms with Crippen LogP contribution in [0.15, 0.2) is 54.6 Å². The molecule has 0 aromatic heterocycles. The van der Waals surface area contributed by atoms with Crippen LogP contribution in [0.5, 0.6) is 5.75 Å². The summed E-state index contributed by atoms with van der Waals surface area (Å²) in [5, 5.41) is 0. The summed E-state index contributed by atoms with van der Waals surface area (Å²) in [5.74, 6) is -0.00138. The zero-order valence-electron chi connectivity index (χ0n) is 13.2. The Labute approximate surface area is 139 Å². The van der Waals surface area contributed by atoms with Gasteiger partial charge in [-0.2, -0.15) is 0 Å². The van der Waals surface area contributed by atoms with E-state index in [1.54, 1.807) is 19.1 Å². The number of para-hydroxylation sites is 1. The molecule has 124 valence electrons. The number of hydrogen-bond donors (Lipinski definition) is 0. The monoisotopic (exact) mass is 328 g/mol. The highest BCUT2D eigenvalue weighted by Crippen LogP contribution is 2.25. The van der Waals surface area contributed by atoms with Gasteiger partial charge in [-0.3, -0.25) is 14.6 Å². The van der Waals surface area contributed by atoms with Crippen LogP contribution >= 0.6 is 0 Å². The fourth-order valence-electron chi connectivity index (χ4n) is 2.64. The third-order valence-corrected chi connectivity index (χ3v) is 3.88. The molecule has 0 bridgehead atoms. The van der Waals surface area contributed by atoms with Gasteiger partial charge in [0.25, 0.3) is 5.91 Å². The van der Waals surface area contributed by atoms with Gasteiger partial charge in [0, 0.05) is 5.69 Å². The topological polar surface area (TPSA) is 49.9 Å². The number of imide groups is 1. The zero-order valence-corrected chi connectivity index (χ0v) is 13.2. The summed E-state index contributed by atoms with van der Waals surface area (Å²) in [5.41, 5.74) is 0.494. The summed E-state index contributed by atoms with van der Waals surface area (Å²) in [6.07, 6.45) is 0. The fraction of sp³-hybridized carbons (Fsp3) is 0.222. The van der Waals surface area contributed by atoms with Gasteiger partial charge in [-0.25, -0.2) is 9.18 Å². The average Bonchev–Trinajstić information content (AvgIpc) is 2.80. The molecule has 6 heteroatoms. The predicted octanol–water partition coefficient (Wildman–Crippen LogP) is 3.06. The van der Waals surface area contributed by atoms with E-state index < -0.39 is 17.9 Å². The molecule has 1 aliphatic rings. The van der Waals surface area contributed by atoms with E-state index in [-0.39, 0.29) is 19.1 Å². The van der Waals surface area contributed by atoms with Gasteiger partial charge in [-0.1, -0.05) is 18.2 Å². The van der Waals surface area contributed by atoms with Crippen molar-refractivity contribution in [3.05, 3.63) is 60.4 Å². The number of rotatable bonds is 5. The van der Waals surface area contributed by atoms with Crippen LogP contribution in [0, 0.1) is 5.82 Å². The summed E-state index contributed by atoms with van der Waals surface area (Å²) in [7, 11) is 0. The number of carbonyl (C=O) groups is 2. The number of ether oxygens (including phenoxy) is 1. The first-order valence-corrected chi connectivity index (χ1v) is 7.66. The molecule has 5 nitrogen and oxygen atoms in total. The SMILES string of the molecule is C[C@@H]1C(=O)N(CCOc2ccccc2)C(=O)N1c1ccc(F)cc1. The Kier molecular flexibility index (Phi) is 4.46. The lowest BCUT2D eigenvalue weighted by atomic mass is 10.2. The number of anilines is 1. The Morgan fingerprint density at radius 3 is 2.38 bits per heavy atom. The molecule has 2 aromatic carbocycles. The largest absolute Gasteiger partial charge is 0.492 e. The van der Waals surface area contributed by atoms with Gasteiger partial charge >= 0.3 is 6.03 Å². The number of benzene rings is 2. The highest BCUT2D eigenvalue weighted by molar-refractivity contribution is 6.14. The van der Waals surface area contributed by atoms with Crippen molar-refractivity contribution in [3.8, 4) is 5.75 Å². The Bertz CT molecular complexity index is 734. The number of carbonyl (C=O) groups excluding carboxylic acids is 2. The van der Waals surface area contributed by atoms with Crippen molar-refractivity contribution >= 4 is 17.6 Å². The molecule has 3 rings (SSSR count). The number of hydrogen-bond acceptors (Lipinski definition) is 3. The van der Waals surface area contributed by atoms with E-state index >= 15 is 0 Å². The van der Waals surface area contributed by atoms with E-state index in [1.807, 2.05) is 18.2 Å². The molecule has 1 saturated heterocycles. The van der Waals surface area contributed by atoms with Crippen LogP contribution in [0.3, 0.4) is 0 Å². The Hall–Kier alpha value is -2.89. The molecule has 0 unspecified atom stereocenters. The highest BCUT2D eigenvalue weighted by atomic mass is 19.1. The van der Waals surface area contributed by atoms with E-state index in [2.05, 4.69) is 0 Å². The maximum atomic E-state index is 13.1. The minimum absolute atomic E-state index is 0.161. The van der Waals surface area contributed by atoms with Crippen molar-refractivity contribution in [3.63, 3.8) is 0 Å². The molecule has 24 heavy (non-hydrogen) atoms. The fourth-order valence-corrected chi connectivity index (χ4v) is 2.64. The minimum Gasteiger partial charge on any atom is -0.492 e. The van der Waals surface area contributed by atoms with Crippen molar-refractivity contribution in [2.45, 2.75) is 13.0 Å². The lowest BCUT2D eigenvalue weighted by molar-refractivity contribution is -0.127. The molecule has 0 aliphatic carbocycles. The third kappa shape index (κ3) is 3.08. The Morgan fingerprint density at radius 2 is 1.71 bits per heavy atom. The second kappa shape index (κ2) is 6.70. The number of nitrogens with zero attached hydrogens (tertiary/aromatic N) is 2. The Balaban J connectivity index is 1.67. The van der Waals surface area contributed by atoms with Crippen molar-refractivity contribution in [1.29, 1.82) is 0 Å². The maximum Gasteiger partial charge on any atom is 0.332 e. The van der Waals surface area contributed by atoms with Crippen molar-refractivity contribution in [2.24, 2.45) is 0 Å². The third-order valence-electron chi connectivity index (χ3n) is 3.88. The van der Waals surface area contributed by atoms with E-state index in [0.717, 1.165) is 4.90 Å². The molecule has 3 amide bonds. The van der Waals surface area contributed by atoms with Gasteiger partial charge < -0.3 is 4.74 Å². The van der Waals surface area contributed by atoms with E-state index in [1.165, 1.54) is 29.2 Å². The van der Waals surface area contributed by atoms with Crippen LogP contribution in [0.4, 0.5) is 14.9 Å². The van der Waals surface area contributed by atoms with Gasteiger partial charge in [0.2, 0.25) is 0 Å². The van der Waals surface area contributed by atoms with Crippen LogP contribution in [0.1, 0.15) is 6.92 Å². The zero-order chi connectivity index (χ0) is 17.1. The lowest BCUT2D eigenvalue weighted by Gasteiger charge is -2.19. The minimum atomic E-state index is -0.625. The molecular weight excluding hydrogens is 311 g/mol. The smallest absolute Gasteiger partial charge is 0.332 e. The quantitative estimate of drug-likeness (QED) is 0.793. The molecule has 1 atom stereocenters. The second-order valence-corrected chi connectivity index (χ2v) is 5.46. The molecule has 1 heterocycles. The second-order valence-electron chi connectivity index (χ2n) is 5.46. The van der Waals surface area contributed by atoms with E-state index in [4.69, 9.17) is 4.74 Å². The van der Waals surface area contributed by atoms with Crippen LogP contribution in [-0.4, -0.2) is 36.0 Å². The lowest BCUT2D eigenvalue weighted by Crippen LogP contribution is -2.36. The molecule has 0 spiro atoms. The summed E-state index contributed by atoms with van der Waals surface area (Å²) >= 11 is 0. The van der Waals surface area contributed by atoms with E-state index in [0.29, 0.717) is 11.4 Å². The number of halogens is 1. The Morgan fingerprint density at radius 1 is 1.04 bits per heavy atom. The van der Waals surface area contributed by atoms with Crippen LogP contribution in [0.25, 0.3) is 0 Å². The van der Waals surface area contributed by atoms with Gasteiger partial charge in [0.15, 0.2) is 0 Å². The summed E-state index contributed by atoms with van der Waals surface area (Å²) in [4.78, 5) is 27.4. The number of amides is 3. The van der Waals surface area contributed by atoms with Gasteiger partial charge in [-0.15, -0.1) is 0 Å². The first-order chi connectivity index (χ1) is 11.6. The molecule has 0 radical (unpaired) electrons. The number of urea groups is 1. The maximum absolute atomic E-state index is 13.1. The summed E-state index contributed by atoms with van der Waals surface area (Å²) in [6.45, 7) is 2.03. The summed E-state index contributed by atoms with van der Waals surface area (Å²) < 4.78 is 18.6. The highest BCUT2D eigenvalue weighted by Gasteiger charge is 2.43. The normalized spacial score (nSPS) is 17.5. The van der Waals surface area contributed by atoms with Crippen molar-refractivity contribution in [1.82, 2.24) is 4.90 Å².